The number of ether oxygens (including phenoxy) is 2. The number of aromatic amines is 1. The van der Waals surface area contributed by atoms with Crippen LogP contribution < -0.4 is 20.5 Å². The summed E-state index contributed by atoms with van der Waals surface area (Å²) < 4.78 is 12.6. The number of rotatable bonds is 5. The number of aryl methyl sites for hydroxylation is 1. The van der Waals surface area contributed by atoms with Gasteiger partial charge in [-0.25, -0.2) is 0 Å². The maximum Gasteiger partial charge on any atom is 0.249 e. The lowest BCUT2D eigenvalue weighted by Gasteiger charge is -2.36. The number of para-hydroxylation sites is 1. The fraction of sp³-hybridized carbons (Fsp3) is 0.241. The third-order valence-electron chi connectivity index (χ3n) is 6.79. The van der Waals surface area contributed by atoms with E-state index < -0.39 is 0 Å². The molecule has 1 unspecified atom stereocenters. The Kier molecular flexibility index (Phi) is 5.91. The zero-order valence-corrected chi connectivity index (χ0v) is 20.2. The van der Waals surface area contributed by atoms with Crippen LogP contribution in [0.3, 0.4) is 0 Å². The van der Waals surface area contributed by atoms with Crippen molar-refractivity contribution >= 4 is 11.4 Å². The van der Waals surface area contributed by atoms with Crippen LogP contribution >= 0.6 is 0 Å². The third kappa shape index (κ3) is 4.57. The molecule has 36 heavy (non-hydrogen) atoms. The highest BCUT2D eigenvalue weighted by Crippen LogP contribution is 2.43. The molecule has 0 saturated carbocycles. The van der Waals surface area contributed by atoms with Gasteiger partial charge in [0.1, 0.15) is 17.6 Å². The number of H-pyrrole nitrogens is 1. The van der Waals surface area contributed by atoms with Crippen molar-refractivity contribution < 1.29 is 9.47 Å². The van der Waals surface area contributed by atoms with E-state index in [1.54, 1.807) is 12.3 Å². The molecular weight excluding hydrogens is 452 g/mol. The minimum Gasteiger partial charge on any atom is -0.456 e. The molecule has 0 radical (unpaired) electrons. The number of pyridine rings is 2. The van der Waals surface area contributed by atoms with E-state index in [-0.39, 0.29) is 11.7 Å². The number of benzene rings is 2. The van der Waals surface area contributed by atoms with Gasteiger partial charge >= 0.3 is 0 Å². The van der Waals surface area contributed by atoms with Crippen LogP contribution in [0.4, 0.5) is 11.4 Å². The maximum absolute atomic E-state index is 11.8. The minimum atomic E-state index is -0.140. The molecule has 0 spiro atoms. The summed E-state index contributed by atoms with van der Waals surface area (Å²) in [7, 11) is 0. The van der Waals surface area contributed by atoms with Gasteiger partial charge in [-0.1, -0.05) is 24.3 Å². The molecule has 1 saturated heterocycles. The highest BCUT2D eigenvalue weighted by Gasteiger charge is 2.28. The predicted octanol–water partition coefficient (Wildman–Crippen LogP) is 4.96. The molecule has 4 aromatic rings. The number of fused-ring (bicyclic) bond motifs is 2. The summed E-state index contributed by atoms with van der Waals surface area (Å²) in [6.07, 6.45) is 4.25. The molecule has 2 aromatic heterocycles. The standard InChI is InChI=1S/C29H28N4O3/c1-19-5-6-20(16-31-19)17-32-23-7-8-26-22(14-23)13-21-3-2-4-25(29(21)36-26)27-18-33(11-12-35-27)24-9-10-30-28(34)15-24/h2-10,14-16,27,32H,11-13,17-18H2,1H3,(H,30,34). The van der Waals surface area contributed by atoms with E-state index in [0.717, 1.165) is 70.3 Å². The largest absolute Gasteiger partial charge is 0.456 e. The smallest absolute Gasteiger partial charge is 0.249 e. The van der Waals surface area contributed by atoms with Gasteiger partial charge in [-0.3, -0.25) is 9.78 Å². The highest BCUT2D eigenvalue weighted by atomic mass is 16.5. The normalized spacial score (nSPS) is 16.6. The van der Waals surface area contributed by atoms with Crippen molar-refractivity contribution in [1.82, 2.24) is 9.97 Å². The zero-order valence-electron chi connectivity index (χ0n) is 20.2. The van der Waals surface area contributed by atoms with E-state index in [4.69, 9.17) is 9.47 Å². The van der Waals surface area contributed by atoms with E-state index in [2.05, 4.69) is 56.6 Å². The number of aromatic nitrogens is 2. The Labute approximate surface area is 209 Å². The lowest BCUT2D eigenvalue weighted by molar-refractivity contribution is 0.0384. The molecule has 0 bridgehead atoms. The molecule has 2 aliphatic rings. The quantitative estimate of drug-likeness (QED) is 0.370. The summed E-state index contributed by atoms with van der Waals surface area (Å²) in [6, 6.07) is 20.2. The monoisotopic (exact) mass is 480 g/mol. The summed E-state index contributed by atoms with van der Waals surface area (Å²) in [5.74, 6) is 1.76. The second kappa shape index (κ2) is 9.51. The number of morpholine rings is 1. The molecule has 182 valence electrons. The highest BCUT2D eigenvalue weighted by molar-refractivity contribution is 5.59. The Hall–Kier alpha value is -4.10. The Morgan fingerprint density at radius 3 is 2.92 bits per heavy atom. The predicted molar refractivity (Wildman–Crippen MR) is 140 cm³/mol. The van der Waals surface area contributed by atoms with Crippen LogP contribution in [0.5, 0.6) is 11.5 Å². The Balaban J connectivity index is 1.20. The molecule has 6 rings (SSSR count). The molecule has 1 fully saturated rings. The van der Waals surface area contributed by atoms with Crippen molar-refractivity contribution in [3.63, 3.8) is 0 Å². The van der Waals surface area contributed by atoms with Crippen LogP contribution in [0.25, 0.3) is 0 Å². The SMILES string of the molecule is Cc1ccc(CNc2ccc3c(c2)Cc2cccc(C4CN(c5cc[nH]c(=O)c5)CCO4)c2O3)cn1. The summed E-state index contributed by atoms with van der Waals surface area (Å²) in [6.45, 7) is 4.70. The minimum absolute atomic E-state index is 0.100. The summed E-state index contributed by atoms with van der Waals surface area (Å²) in [5.41, 5.74) is 7.37. The van der Waals surface area contributed by atoms with Crippen LogP contribution in [0.1, 0.15) is 34.1 Å². The van der Waals surface area contributed by atoms with Gasteiger partial charge in [0.25, 0.3) is 0 Å². The first-order valence-electron chi connectivity index (χ1n) is 12.3. The van der Waals surface area contributed by atoms with Crippen LogP contribution in [0, 0.1) is 6.92 Å². The molecule has 1 atom stereocenters. The first kappa shape index (κ1) is 22.4. The van der Waals surface area contributed by atoms with Gasteiger partial charge in [0.2, 0.25) is 5.56 Å². The molecule has 2 aromatic carbocycles. The van der Waals surface area contributed by atoms with Gasteiger partial charge < -0.3 is 24.7 Å². The second-order valence-corrected chi connectivity index (χ2v) is 9.31. The van der Waals surface area contributed by atoms with Gasteiger partial charge in [0.05, 0.1) is 6.61 Å². The molecule has 7 heteroatoms. The van der Waals surface area contributed by atoms with Crippen molar-refractivity contribution in [2.45, 2.75) is 26.0 Å². The van der Waals surface area contributed by atoms with E-state index in [9.17, 15) is 4.79 Å². The van der Waals surface area contributed by atoms with Crippen LogP contribution in [-0.2, 0) is 17.7 Å². The molecule has 2 aliphatic heterocycles. The summed E-state index contributed by atoms with van der Waals surface area (Å²) >= 11 is 0. The number of nitrogens with zero attached hydrogens (tertiary/aromatic N) is 2. The van der Waals surface area contributed by atoms with E-state index in [1.807, 2.05) is 31.3 Å². The summed E-state index contributed by atoms with van der Waals surface area (Å²) in [4.78, 5) is 21.1. The molecule has 4 heterocycles. The van der Waals surface area contributed by atoms with Crippen molar-refractivity contribution in [2.24, 2.45) is 0 Å². The topological polar surface area (TPSA) is 79.5 Å². The lowest BCUT2D eigenvalue weighted by Crippen LogP contribution is -2.39. The number of nitrogens with one attached hydrogen (secondary N) is 2. The van der Waals surface area contributed by atoms with Gasteiger partial charge in [0, 0.05) is 72.7 Å². The second-order valence-electron chi connectivity index (χ2n) is 9.31. The van der Waals surface area contributed by atoms with Gasteiger partial charge in [-0.05, 0) is 48.4 Å². The molecule has 0 amide bonds. The van der Waals surface area contributed by atoms with Gasteiger partial charge in [-0.2, -0.15) is 0 Å². The first-order chi connectivity index (χ1) is 17.6. The average Bonchev–Trinajstić information content (AvgIpc) is 2.91. The van der Waals surface area contributed by atoms with Crippen LogP contribution in [0.2, 0.25) is 0 Å². The van der Waals surface area contributed by atoms with Crippen molar-refractivity contribution in [3.8, 4) is 11.5 Å². The number of hydrogen-bond acceptors (Lipinski definition) is 6. The number of anilines is 2. The summed E-state index contributed by atoms with van der Waals surface area (Å²) in [5, 5.41) is 3.50. The lowest BCUT2D eigenvalue weighted by atomic mass is 9.95. The van der Waals surface area contributed by atoms with E-state index in [1.165, 1.54) is 0 Å². The van der Waals surface area contributed by atoms with Crippen LogP contribution in [0.15, 0.2) is 77.9 Å². The van der Waals surface area contributed by atoms with Crippen molar-refractivity contribution in [3.05, 3.63) is 111 Å². The average molecular weight is 481 g/mol. The Morgan fingerprint density at radius 1 is 1.11 bits per heavy atom. The van der Waals surface area contributed by atoms with E-state index in [0.29, 0.717) is 13.2 Å². The van der Waals surface area contributed by atoms with Crippen molar-refractivity contribution in [2.75, 3.05) is 29.9 Å². The Bertz CT molecular complexity index is 1450. The maximum atomic E-state index is 11.8. The van der Waals surface area contributed by atoms with Crippen molar-refractivity contribution in [1.29, 1.82) is 0 Å². The van der Waals surface area contributed by atoms with Crippen LogP contribution in [-0.4, -0.2) is 29.7 Å². The molecular formula is C29H28N4O3. The fourth-order valence-electron chi connectivity index (χ4n) is 4.87. The number of hydrogen-bond donors (Lipinski definition) is 2. The Morgan fingerprint density at radius 2 is 2.06 bits per heavy atom. The first-order valence-corrected chi connectivity index (χ1v) is 12.3. The molecule has 0 aliphatic carbocycles. The molecule has 7 nitrogen and oxygen atoms in total. The third-order valence-corrected chi connectivity index (χ3v) is 6.79. The zero-order chi connectivity index (χ0) is 24.5. The molecule has 2 N–H and O–H groups in total. The fourth-order valence-corrected chi connectivity index (χ4v) is 4.87. The van der Waals surface area contributed by atoms with Gasteiger partial charge in [0.15, 0.2) is 0 Å². The van der Waals surface area contributed by atoms with Gasteiger partial charge in [-0.15, -0.1) is 0 Å². The van der Waals surface area contributed by atoms with E-state index >= 15 is 0 Å².